The molecule has 5 heterocycles. The largest absolute Gasteiger partial charge is 0.487 e. The maximum atomic E-state index is 15.0. The Morgan fingerprint density at radius 2 is 2.23 bits per heavy atom. The number of nitrogens with zero attached hydrogens (tertiary/aromatic N) is 6. The van der Waals surface area contributed by atoms with E-state index < -0.39 is 0 Å². The van der Waals surface area contributed by atoms with Crippen LogP contribution in [0.25, 0.3) is 0 Å². The number of piperazine rings is 1. The van der Waals surface area contributed by atoms with Crippen molar-refractivity contribution in [2.75, 3.05) is 36.5 Å². The number of pyridine rings is 2. The lowest BCUT2D eigenvalue weighted by Crippen LogP contribution is -2.57. The van der Waals surface area contributed by atoms with Crippen molar-refractivity contribution in [2.45, 2.75) is 12.6 Å². The van der Waals surface area contributed by atoms with E-state index >= 15 is 0 Å². The normalized spacial score (nSPS) is 18.1. The first-order valence-corrected chi connectivity index (χ1v) is 10.4. The zero-order valence-electron chi connectivity index (χ0n) is 16.0. The summed E-state index contributed by atoms with van der Waals surface area (Å²) < 4.78 is 20.8. The van der Waals surface area contributed by atoms with Crippen LogP contribution in [0.15, 0.2) is 36.1 Å². The van der Waals surface area contributed by atoms with Gasteiger partial charge in [-0.1, -0.05) is 0 Å². The van der Waals surface area contributed by atoms with Crippen LogP contribution < -0.4 is 15.0 Å². The third-order valence-corrected chi connectivity index (χ3v) is 5.94. The van der Waals surface area contributed by atoms with Crippen molar-refractivity contribution in [3.05, 3.63) is 53.0 Å². The number of rotatable bonds is 4. The second-order valence-corrected chi connectivity index (χ2v) is 8.04. The highest BCUT2D eigenvalue weighted by molar-refractivity contribution is 7.13. The molecular formula is C20H18FN7OS. The number of nitrogens with one attached hydrogen (secondary N) is 1. The second kappa shape index (κ2) is 7.85. The van der Waals surface area contributed by atoms with Gasteiger partial charge in [0.2, 0.25) is 0 Å². The number of ether oxygens (including phenoxy) is 1. The van der Waals surface area contributed by atoms with E-state index in [1.165, 1.54) is 11.3 Å². The Hall–Kier alpha value is -3.29. The Morgan fingerprint density at radius 1 is 1.30 bits per heavy atom. The fourth-order valence-corrected chi connectivity index (χ4v) is 4.34. The average Bonchev–Trinajstić information content (AvgIpc) is 3.29. The summed E-state index contributed by atoms with van der Waals surface area (Å²) in [6, 6.07) is 5.66. The second-order valence-electron chi connectivity index (χ2n) is 7.15. The molecule has 1 fully saturated rings. The predicted molar refractivity (Wildman–Crippen MR) is 110 cm³/mol. The van der Waals surface area contributed by atoms with Crippen molar-refractivity contribution >= 4 is 28.1 Å². The van der Waals surface area contributed by atoms with E-state index in [1.54, 1.807) is 30.7 Å². The third kappa shape index (κ3) is 3.53. The smallest absolute Gasteiger partial charge is 0.188 e. The number of hydrogen-bond donors (Lipinski definition) is 1. The van der Waals surface area contributed by atoms with Crippen LogP contribution in [-0.2, 0) is 6.54 Å². The number of aromatic nitrogens is 3. The number of nitriles is 1. The van der Waals surface area contributed by atoms with Crippen LogP contribution in [-0.4, -0.2) is 52.1 Å². The molecule has 2 aliphatic heterocycles. The molecule has 2 aliphatic rings. The van der Waals surface area contributed by atoms with Crippen LogP contribution in [0.4, 0.5) is 21.2 Å². The molecule has 1 N–H and O–H groups in total. The summed E-state index contributed by atoms with van der Waals surface area (Å²) in [5.41, 5.74) is 1.08. The molecule has 8 nitrogen and oxygen atoms in total. The minimum absolute atomic E-state index is 0.129. The van der Waals surface area contributed by atoms with Gasteiger partial charge in [0.25, 0.3) is 0 Å². The molecule has 0 amide bonds. The Morgan fingerprint density at radius 3 is 3.07 bits per heavy atom. The monoisotopic (exact) mass is 423 g/mol. The first kappa shape index (κ1) is 18.7. The van der Waals surface area contributed by atoms with Crippen LogP contribution in [0, 0.1) is 17.1 Å². The average molecular weight is 423 g/mol. The van der Waals surface area contributed by atoms with Crippen LogP contribution in [0.3, 0.4) is 0 Å². The number of anilines is 3. The van der Waals surface area contributed by atoms with E-state index in [4.69, 9.17) is 10.00 Å². The van der Waals surface area contributed by atoms with Gasteiger partial charge in [-0.3, -0.25) is 4.90 Å². The molecule has 0 radical (unpaired) electrons. The van der Waals surface area contributed by atoms with E-state index in [0.29, 0.717) is 35.2 Å². The molecule has 152 valence electrons. The van der Waals surface area contributed by atoms with Gasteiger partial charge in [0, 0.05) is 61.8 Å². The standard InChI is InChI=1S/C20H18FN7OS/c21-17-14(1-2-23-18(17)26-20-24-3-6-30-20)10-27-4-5-28-15(11-27)12-29-16-7-13(8-22)9-25-19(16)28/h1-3,6-7,9,15H,4-5,10-12H2,(H,23,24,26). The van der Waals surface area contributed by atoms with Crippen LogP contribution in [0.2, 0.25) is 0 Å². The fourth-order valence-electron chi connectivity index (χ4n) is 3.81. The quantitative estimate of drug-likeness (QED) is 0.685. The number of hydrogen-bond acceptors (Lipinski definition) is 9. The molecule has 1 unspecified atom stereocenters. The molecule has 1 atom stereocenters. The van der Waals surface area contributed by atoms with E-state index in [2.05, 4.69) is 36.1 Å². The minimum Gasteiger partial charge on any atom is -0.487 e. The third-order valence-electron chi connectivity index (χ3n) is 5.25. The highest BCUT2D eigenvalue weighted by Crippen LogP contribution is 2.34. The molecule has 10 heteroatoms. The molecule has 1 saturated heterocycles. The fraction of sp³-hybridized carbons (Fsp3) is 0.300. The van der Waals surface area contributed by atoms with Crippen molar-refractivity contribution in [3.63, 3.8) is 0 Å². The van der Waals surface area contributed by atoms with Crippen LogP contribution in [0.1, 0.15) is 11.1 Å². The summed E-state index contributed by atoms with van der Waals surface area (Å²) in [5, 5.41) is 14.4. The van der Waals surface area contributed by atoms with Gasteiger partial charge in [-0.15, -0.1) is 11.3 Å². The summed E-state index contributed by atoms with van der Waals surface area (Å²) in [6.07, 6.45) is 4.84. The van der Waals surface area contributed by atoms with Crippen LogP contribution in [0.5, 0.6) is 5.75 Å². The topological polar surface area (TPSA) is 90.2 Å². The van der Waals surface area contributed by atoms with E-state index in [0.717, 1.165) is 25.5 Å². The van der Waals surface area contributed by atoms with Gasteiger partial charge in [0.05, 0.1) is 11.6 Å². The molecule has 0 aliphatic carbocycles. The van der Waals surface area contributed by atoms with E-state index in [-0.39, 0.29) is 17.7 Å². The van der Waals surface area contributed by atoms with Gasteiger partial charge >= 0.3 is 0 Å². The van der Waals surface area contributed by atoms with Gasteiger partial charge in [0.1, 0.15) is 12.7 Å². The molecule has 5 rings (SSSR count). The molecule has 3 aromatic rings. The zero-order chi connectivity index (χ0) is 20.5. The lowest BCUT2D eigenvalue weighted by atomic mass is 10.1. The van der Waals surface area contributed by atoms with E-state index in [9.17, 15) is 4.39 Å². The zero-order valence-corrected chi connectivity index (χ0v) is 16.8. The minimum atomic E-state index is -0.355. The number of fused-ring (bicyclic) bond motifs is 3. The lowest BCUT2D eigenvalue weighted by Gasteiger charge is -2.44. The Bertz CT molecular complexity index is 1100. The van der Waals surface area contributed by atoms with Crippen molar-refractivity contribution < 1.29 is 9.13 Å². The first-order chi connectivity index (χ1) is 14.7. The summed E-state index contributed by atoms with van der Waals surface area (Å²) >= 11 is 1.39. The van der Waals surface area contributed by atoms with Gasteiger partial charge in [-0.05, 0) is 6.07 Å². The first-order valence-electron chi connectivity index (χ1n) is 9.53. The lowest BCUT2D eigenvalue weighted by molar-refractivity contribution is 0.159. The molecule has 0 bridgehead atoms. The van der Waals surface area contributed by atoms with E-state index in [1.807, 2.05) is 5.38 Å². The van der Waals surface area contributed by atoms with Crippen molar-refractivity contribution in [1.29, 1.82) is 5.26 Å². The Labute approximate surface area is 176 Å². The van der Waals surface area contributed by atoms with Gasteiger partial charge in [0.15, 0.2) is 28.3 Å². The summed E-state index contributed by atoms with van der Waals surface area (Å²) in [6.45, 7) is 3.26. The highest BCUT2D eigenvalue weighted by Gasteiger charge is 2.34. The Kier molecular flexibility index (Phi) is 4.90. The molecular weight excluding hydrogens is 405 g/mol. The van der Waals surface area contributed by atoms with Gasteiger partial charge in [-0.25, -0.2) is 19.3 Å². The molecule has 0 aromatic carbocycles. The maximum absolute atomic E-state index is 15.0. The summed E-state index contributed by atoms with van der Waals surface area (Å²) in [5.74, 6) is 1.26. The summed E-state index contributed by atoms with van der Waals surface area (Å²) in [4.78, 5) is 17.1. The molecule has 0 spiro atoms. The van der Waals surface area contributed by atoms with Crippen molar-refractivity contribution in [1.82, 2.24) is 19.9 Å². The molecule has 3 aromatic heterocycles. The summed E-state index contributed by atoms with van der Waals surface area (Å²) in [7, 11) is 0. The van der Waals surface area contributed by atoms with Gasteiger partial charge < -0.3 is 15.0 Å². The SMILES string of the molecule is N#Cc1cnc2c(c1)OCC1CN(Cc3ccnc(Nc4nccs4)c3F)CCN21. The Balaban J connectivity index is 1.29. The number of halogens is 1. The predicted octanol–water partition coefficient (Wildman–Crippen LogP) is 2.77. The molecule has 30 heavy (non-hydrogen) atoms. The van der Waals surface area contributed by atoms with Gasteiger partial charge in [-0.2, -0.15) is 5.26 Å². The maximum Gasteiger partial charge on any atom is 0.188 e. The number of thiazole rings is 1. The van der Waals surface area contributed by atoms with Crippen LogP contribution >= 0.6 is 11.3 Å². The molecule has 0 saturated carbocycles. The highest BCUT2D eigenvalue weighted by atomic mass is 32.1. The van der Waals surface area contributed by atoms with Crippen molar-refractivity contribution in [3.8, 4) is 11.8 Å². The van der Waals surface area contributed by atoms with Crippen molar-refractivity contribution in [2.24, 2.45) is 0 Å².